The van der Waals surface area contributed by atoms with Crippen molar-refractivity contribution in [3.63, 3.8) is 0 Å². The number of hydrogen-bond acceptors (Lipinski definition) is 3. The van der Waals surface area contributed by atoms with E-state index >= 15 is 0 Å². The van der Waals surface area contributed by atoms with Crippen LogP contribution in [0.25, 0.3) is 0 Å². The molecule has 0 atom stereocenters. The molecule has 1 amide bonds. The molecule has 0 spiro atoms. The zero-order valence-electron chi connectivity index (χ0n) is 10.9. The van der Waals surface area contributed by atoms with E-state index in [1.54, 1.807) is 0 Å². The van der Waals surface area contributed by atoms with Crippen LogP contribution in [0.15, 0.2) is 0 Å². The quantitative estimate of drug-likeness (QED) is 0.671. The van der Waals surface area contributed by atoms with Crippen LogP contribution in [0.5, 0.6) is 0 Å². The molecule has 1 aliphatic heterocycles. The van der Waals surface area contributed by atoms with E-state index in [9.17, 15) is 9.59 Å². The zero-order chi connectivity index (χ0) is 13.4. The van der Waals surface area contributed by atoms with Crippen LogP contribution in [0.3, 0.4) is 0 Å². The van der Waals surface area contributed by atoms with E-state index in [1.165, 1.54) is 0 Å². The molecule has 0 bridgehead atoms. The van der Waals surface area contributed by atoms with Gasteiger partial charge in [0.25, 0.3) is 0 Å². The highest BCUT2D eigenvalue weighted by molar-refractivity contribution is 5.76. The van der Waals surface area contributed by atoms with Gasteiger partial charge in [-0.2, -0.15) is 0 Å². The van der Waals surface area contributed by atoms with Crippen molar-refractivity contribution in [3.05, 3.63) is 0 Å². The maximum atomic E-state index is 11.8. The Morgan fingerprint density at radius 3 is 2.39 bits per heavy atom. The molecule has 0 aliphatic carbocycles. The number of aliphatic carboxylic acids is 1. The third-order valence-electron chi connectivity index (χ3n) is 3.58. The third-order valence-corrected chi connectivity index (χ3v) is 3.58. The smallest absolute Gasteiger partial charge is 0.303 e. The van der Waals surface area contributed by atoms with Crippen molar-refractivity contribution in [2.24, 2.45) is 11.7 Å². The molecule has 104 valence electrons. The predicted molar refractivity (Wildman–Crippen MR) is 69.1 cm³/mol. The topological polar surface area (TPSA) is 83.6 Å². The summed E-state index contributed by atoms with van der Waals surface area (Å²) in [6.07, 6.45) is 5.23. The second-order valence-electron chi connectivity index (χ2n) is 5.00. The Balaban J connectivity index is 2.17. The standard InChI is InChI=1S/C13H24N2O3/c14-8-2-1-3-12(16)15-9-6-11(7-10-15)4-5-13(17)18/h11H,1-10,14H2,(H,17,18). The predicted octanol–water partition coefficient (Wildman–Crippen LogP) is 1.22. The number of carboxylic acid groups (broad SMARTS) is 1. The number of rotatable bonds is 7. The highest BCUT2D eigenvalue weighted by Crippen LogP contribution is 2.22. The molecule has 18 heavy (non-hydrogen) atoms. The lowest BCUT2D eigenvalue weighted by Crippen LogP contribution is -2.38. The minimum atomic E-state index is -0.727. The van der Waals surface area contributed by atoms with Crippen LogP contribution in [0.2, 0.25) is 0 Å². The first-order chi connectivity index (χ1) is 8.63. The van der Waals surface area contributed by atoms with Crippen molar-refractivity contribution in [2.75, 3.05) is 19.6 Å². The van der Waals surface area contributed by atoms with Gasteiger partial charge in [0.15, 0.2) is 0 Å². The molecule has 0 radical (unpaired) electrons. The van der Waals surface area contributed by atoms with E-state index in [1.807, 2.05) is 4.90 Å². The molecule has 0 aromatic rings. The summed E-state index contributed by atoms with van der Waals surface area (Å²) in [5, 5.41) is 8.63. The SMILES string of the molecule is NCCCCC(=O)N1CCC(CCC(=O)O)CC1. The van der Waals surface area contributed by atoms with Crippen molar-refractivity contribution in [3.8, 4) is 0 Å². The van der Waals surface area contributed by atoms with Gasteiger partial charge in [0.1, 0.15) is 0 Å². The second-order valence-corrected chi connectivity index (χ2v) is 5.00. The Kier molecular flexibility index (Phi) is 6.72. The maximum Gasteiger partial charge on any atom is 0.303 e. The Morgan fingerprint density at radius 2 is 1.83 bits per heavy atom. The molecular formula is C13H24N2O3. The molecule has 0 aromatic heterocycles. The number of nitrogens with zero attached hydrogens (tertiary/aromatic N) is 1. The lowest BCUT2D eigenvalue weighted by molar-refractivity contribution is -0.138. The molecule has 5 nitrogen and oxygen atoms in total. The molecule has 0 unspecified atom stereocenters. The van der Waals surface area contributed by atoms with Crippen LogP contribution in [-0.4, -0.2) is 41.5 Å². The fourth-order valence-corrected chi connectivity index (χ4v) is 2.38. The van der Waals surface area contributed by atoms with Crippen LogP contribution in [0.1, 0.15) is 44.9 Å². The monoisotopic (exact) mass is 256 g/mol. The number of carboxylic acids is 1. The molecule has 0 aromatic carbocycles. The van der Waals surface area contributed by atoms with Gasteiger partial charge in [-0.25, -0.2) is 0 Å². The van der Waals surface area contributed by atoms with Gasteiger partial charge in [0, 0.05) is 25.9 Å². The lowest BCUT2D eigenvalue weighted by atomic mass is 9.92. The van der Waals surface area contributed by atoms with Crippen molar-refractivity contribution < 1.29 is 14.7 Å². The molecule has 1 fully saturated rings. The molecule has 1 aliphatic rings. The minimum Gasteiger partial charge on any atom is -0.481 e. The lowest BCUT2D eigenvalue weighted by Gasteiger charge is -2.32. The van der Waals surface area contributed by atoms with E-state index < -0.39 is 5.97 Å². The van der Waals surface area contributed by atoms with E-state index in [2.05, 4.69) is 0 Å². The number of unbranched alkanes of at least 4 members (excludes halogenated alkanes) is 1. The van der Waals surface area contributed by atoms with Crippen LogP contribution < -0.4 is 5.73 Å². The third kappa shape index (κ3) is 5.49. The molecular weight excluding hydrogens is 232 g/mol. The van der Waals surface area contributed by atoms with Crippen LogP contribution in [-0.2, 0) is 9.59 Å². The van der Waals surface area contributed by atoms with Crippen molar-refractivity contribution in [2.45, 2.75) is 44.9 Å². The first-order valence-corrected chi connectivity index (χ1v) is 6.83. The summed E-state index contributed by atoms with van der Waals surface area (Å²) in [5.41, 5.74) is 5.40. The molecule has 0 saturated carbocycles. The van der Waals surface area contributed by atoms with Gasteiger partial charge < -0.3 is 15.7 Å². The summed E-state index contributed by atoms with van der Waals surface area (Å²) in [6.45, 7) is 2.21. The first kappa shape index (κ1) is 15.0. The van der Waals surface area contributed by atoms with Gasteiger partial charge in [0.05, 0.1) is 0 Å². The van der Waals surface area contributed by atoms with E-state index in [-0.39, 0.29) is 12.3 Å². The average Bonchev–Trinajstić information content (AvgIpc) is 2.37. The summed E-state index contributed by atoms with van der Waals surface area (Å²) >= 11 is 0. The normalized spacial score (nSPS) is 16.8. The number of likely N-dealkylation sites (tertiary alicyclic amines) is 1. The van der Waals surface area contributed by atoms with E-state index in [4.69, 9.17) is 10.8 Å². The number of carbonyl (C=O) groups excluding carboxylic acids is 1. The summed E-state index contributed by atoms with van der Waals surface area (Å²) in [7, 11) is 0. The highest BCUT2D eigenvalue weighted by atomic mass is 16.4. The second kappa shape index (κ2) is 8.08. The Bertz CT molecular complexity index is 273. The number of piperidine rings is 1. The number of hydrogen-bond donors (Lipinski definition) is 2. The van der Waals surface area contributed by atoms with E-state index in [0.29, 0.717) is 18.9 Å². The van der Waals surface area contributed by atoms with Crippen LogP contribution in [0, 0.1) is 5.92 Å². The van der Waals surface area contributed by atoms with Crippen LogP contribution in [0.4, 0.5) is 0 Å². The van der Waals surface area contributed by atoms with Gasteiger partial charge in [-0.3, -0.25) is 9.59 Å². The summed E-state index contributed by atoms with van der Waals surface area (Å²) in [6, 6.07) is 0. The summed E-state index contributed by atoms with van der Waals surface area (Å²) in [4.78, 5) is 24.2. The van der Waals surface area contributed by atoms with Crippen molar-refractivity contribution >= 4 is 11.9 Å². The van der Waals surface area contributed by atoms with Gasteiger partial charge in [-0.1, -0.05) is 0 Å². The number of carbonyl (C=O) groups is 2. The van der Waals surface area contributed by atoms with Gasteiger partial charge in [-0.05, 0) is 44.6 Å². The average molecular weight is 256 g/mol. The number of amides is 1. The molecule has 5 heteroatoms. The van der Waals surface area contributed by atoms with Gasteiger partial charge in [0.2, 0.25) is 5.91 Å². The highest BCUT2D eigenvalue weighted by Gasteiger charge is 2.22. The molecule has 1 saturated heterocycles. The van der Waals surface area contributed by atoms with Crippen molar-refractivity contribution in [1.29, 1.82) is 0 Å². The van der Waals surface area contributed by atoms with Crippen LogP contribution >= 0.6 is 0 Å². The number of nitrogens with two attached hydrogens (primary N) is 1. The van der Waals surface area contributed by atoms with Gasteiger partial charge in [-0.15, -0.1) is 0 Å². The molecule has 1 heterocycles. The largest absolute Gasteiger partial charge is 0.481 e. The molecule has 3 N–H and O–H groups in total. The minimum absolute atomic E-state index is 0.222. The van der Waals surface area contributed by atoms with Gasteiger partial charge >= 0.3 is 5.97 Å². The molecule has 1 rings (SSSR count). The summed E-state index contributed by atoms with van der Waals surface area (Å²) in [5.74, 6) is -0.0374. The fraction of sp³-hybridized carbons (Fsp3) is 0.846. The Hall–Kier alpha value is -1.10. The van der Waals surface area contributed by atoms with Crippen molar-refractivity contribution in [1.82, 2.24) is 4.90 Å². The Morgan fingerprint density at radius 1 is 1.17 bits per heavy atom. The van der Waals surface area contributed by atoms with E-state index in [0.717, 1.165) is 45.2 Å². The first-order valence-electron chi connectivity index (χ1n) is 6.83. The zero-order valence-corrected chi connectivity index (χ0v) is 10.9. The summed E-state index contributed by atoms with van der Waals surface area (Å²) < 4.78 is 0. The maximum absolute atomic E-state index is 11.8. The Labute approximate surface area is 108 Å². The fourth-order valence-electron chi connectivity index (χ4n) is 2.38.